The van der Waals surface area contributed by atoms with Crippen LogP contribution >= 0.6 is 0 Å². The third kappa shape index (κ3) is 8.62. The molecule has 0 aromatic heterocycles. The molecule has 0 N–H and O–H groups in total. The van der Waals surface area contributed by atoms with E-state index >= 15 is 0 Å². The van der Waals surface area contributed by atoms with E-state index in [1.54, 1.807) is 20.8 Å². The Morgan fingerprint density at radius 1 is 1.35 bits per heavy atom. The van der Waals surface area contributed by atoms with Gasteiger partial charge in [-0.1, -0.05) is 6.58 Å². The van der Waals surface area contributed by atoms with Crippen molar-refractivity contribution in [1.29, 1.82) is 0 Å². The number of carbonyl (C=O) groups excluding carboxylic acids is 1. The predicted molar refractivity (Wildman–Crippen MR) is 98.0 cm³/mol. The first-order valence-electron chi connectivity index (χ1n) is 8.74. The Morgan fingerprint density at radius 2 is 1.96 bits per heavy atom. The number of hydrogen-bond donors (Lipinski definition) is 0. The third-order valence-electron chi connectivity index (χ3n) is 3.78. The fraction of sp³-hybridized carbons (Fsp3) is 0.833. The molecule has 8 heteroatoms. The Labute approximate surface area is 157 Å². The first-order chi connectivity index (χ1) is 11.7. The standard InChI is InChI=1S/C18H32O7S/c1-13(15-12-23-18(5,6)24-15)11-14(25-26(7,20)21)9-8-10-22-16(19)17(2,3)4/h14-15H,1,8-12H2,2-7H3/t14-,15+/m1/s1. The van der Waals surface area contributed by atoms with E-state index in [9.17, 15) is 13.2 Å². The maximum atomic E-state index is 11.8. The summed E-state index contributed by atoms with van der Waals surface area (Å²) in [6.07, 6.45) is 1.36. The lowest BCUT2D eigenvalue weighted by molar-refractivity contribution is -0.153. The van der Waals surface area contributed by atoms with Crippen LogP contribution < -0.4 is 0 Å². The van der Waals surface area contributed by atoms with Crippen LogP contribution in [0, 0.1) is 5.41 Å². The number of rotatable bonds is 9. The first-order valence-corrected chi connectivity index (χ1v) is 10.6. The van der Waals surface area contributed by atoms with Crippen LogP contribution in [0.25, 0.3) is 0 Å². The van der Waals surface area contributed by atoms with Crippen molar-refractivity contribution in [1.82, 2.24) is 0 Å². The molecule has 1 aliphatic rings. The van der Waals surface area contributed by atoms with Gasteiger partial charge in [0.2, 0.25) is 0 Å². The lowest BCUT2D eigenvalue weighted by Gasteiger charge is -2.22. The molecule has 152 valence electrons. The summed E-state index contributed by atoms with van der Waals surface area (Å²) in [5, 5.41) is 0. The Hall–Kier alpha value is -0.960. The minimum Gasteiger partial charge on any atom is -0.465 e. The van der Waals surface area contributed by atoms with Crippen molar-refractivity contribution in [2.75, 3.05) is 19.5 Å². The zero-order valence-electron chi connectivity index (χ0n) is 16.7. The van der Waals surface area contributed by atoms with Gasteiger partial charge in [-0.15, -0.1) is 0 Å². The molecule has 0 unspecified atom stereocenters. The number of hydrogen-bond acceptors (Lipinski definition) is 7. The molecule has 0 spiro atoms. The van der Waals surface area contributed by atoms with E-state index in [2.05, 4.69) is 6.58 Å². The molecule has 0 aliphatic carbocycles. The van der Waals surface area contributed by atoms with Crippen molar-refractivity contribution in [3.05, 3.63) is 12.2 Å². The van der Waals surface area contributed by atoms with Crippen molar-refractivity contribution < 1.29 is 31.6 Å². The first kappa shape index (κ1) is 23.1. The summed E-state index contributed by atoms with van der Waals surface area (Å²) >= 11 is 0. The smallest absolute Gasteiger partial charge is 0.311 e. The van der Waals surface area contributed by atoms with Gasteiger partial charge in [0.25, 0.3) is 10.1 Å². The molecule has 7 nitrogen and oxygen atoms in total. The largest absolute Gasteiger partial charge is 0.465 e. The molecular weight excluding hydrogens is 360 g/mol. The van der Waals surface area contributed by atoms with Crippen molar-refractivity contribution in [2.45, 2.75) is 71.9 Å². The molecule has 26 heavy (non-hydrogen) atoms. The van der Waals surface area contributed by atoms with Crippen LogP contribution in [0.3, 0.4) is 0 Å². The lowest BCUT2D eigenvalue weighted by atomic mass is 9.97. The second-order valence-electron chi connectivity index (χ2n) is 8.13. The Kier molecular flexibility index (Phi) is 7.83. The SMILES string of the molecule is C=C(C[C@@H](CCCOC(=O)C(C)(C)C)OS(C)(=O)=O)[C@@H]1COC(C)(C)O1. The molecule has 1 rings (SSSR count). The van der Waals surface area contributed by atoms with Crippen LogP contribution in [-0.2, 0) is 33.3 Å². The molecule has 2 atom stereocenters. The average Bonchev–Trinajstić information content (AvgIpc) is 2.80. The molecule has 1 heterocycles. The monoisotopic (exact) mass is 392 g/mol. The molecule has 1 aliphatic heterocycles. The molecule has 0 aromatic rings. The fourth-order valence-corrected chi connectivity index (χ4v) is 3.09. The van der Waals surface area contributed by atoms with E-state index in [0.29, 0.717) is 25.9 Å². The van der Waals surface area contributed by atoms with E-state index in [-0.39, 0.29) is 18.7 Å². The maximum absolute atomic E-state index is 11.8. The molecule has 0 bridgehead atoms. The average molecular weight is 393 g/mol. The summed E-state index contributed by atoms with van der Waals surface area (Å²) < 4.78 is 44.7. The van der Waals surface area contributed by atoms with Crippen LogP contribution in [0.1, 0.15) is 53.9 Å². The van der Waals surface area contributed by atoms with Gasteiger partial charge in [-0.3, -0.25) is 8.98 Å². The highest BCUT2D eigenvalue weighted by Gasteiger charge is 2.35. The normalized spacial score (nSPS) is 21.4. The number of ether oxygens (including phenoxy) is 3. The molecule has 0 radical (unpaired) electrons. The summed E-state index contributed by atoms with van der Waals surface area (Å²) in [6, 6.07) is 0. The summed E-state index contributed by atoms with van der Waals surface area (Å²) in [4.78, 5) is 11.8. The van der Waals surface area contributed by atoms with Crippen LogP contribution in [0.2, 0.25) is 0 Å². The molecule has 1 saturated heterocycles. The van der Waals surface area contributed by atoms with Crippen molar-refractivity contribution in [2.24, 2.45) is 5.41 Å². The van der Waals surface area contributed by atoms with E-state index in [4.69, 9.17) is 18.4 Å². The topological polar surface area (TPSA) is 88.1 Å². The number of esters is 1. The molecule has 0 aromatic carbocycles. The van der Waals surface area contributed by atoms with Gasteiger partial charge in [0.05, 0.1) is 31.0 Å². The van der Waals surface area contributed by atoms with Gasteiger partial charge in [0.1, 0.15) is 6.10 Å². The third-order valence-corrected chi connectivity index (χ3v) is 4.40. The van der Waals surface area contributed by atoms with Gasteiger partial charge in [-0.25, -0.2) is 0 Å². The molecular formula is C18H32O7S. The summed E-state index contributed by atoms with van der Waals surface area (Å²) in [6.45, 7) is 13.5. The van der Waals surface area contributed by atoms with Crippen molar-refractivity contribution in [3.63, 3.8) is 0 Å². The second kappa shape index (κ2) is 8.82. The quantitative estimate of drug-likeness (QED) is 0.258. The molecule has 0 saturated carbocycles. The van der Waals surface area contributed by atoms with E-state index in [1.165, 1.54) is 0 Å². The fourth-order valence-electron chi connectivity index (χ4n) is 2.44. The zero-order valence-corrected chi connectivity index (χ0v) is 17.5. The van der Waals surface area contributed by atoms with Gasteiger partial charge in [-0.2, -0.15) is 8.42 Å². The molecule has 0 amide bonds. The molecule has 1 fully saturated rings. The van der Waals surface area contributed by atoms with Gasteiger partial charge in [0.15, 0.2) is 5.79 Å². The zero-order chi connectivity index (χ0) is 20.2. The van der Waals surface area contributed by atoms with E-state index < -0.39 is 27.4 Å². The van der Waals surface area contributed by atoms with Crippen LogP contribution in [0.15, 0.2) is 12.2 Å². The van der Waals surface area contributed by atoms with Gasteiger partial charge in [0, 0.05) is 0 Å². The van der Waals surface area contributed by atoms with Gasteiger partial charge >= 0.3 is 5.97 Å². The predicted octanol–water partition coefficient (Wildman–Crippen LogP) is 2.80. The summed E-state index contributed by atoms with van der Waals surface area (Å²) in [7, 11) is -3.61. The Bertz CT molecular complexity index is 602. The van der Waals surface area contributed by atoms with Gasteiger partial charge in [-0.05, 0) is 59.5 Å². The summed E-state index contributed by atoms with van der Waals surface area (Å²) in [5.41, 5.74) is 0.153. The highest BCUT2D eigenvalue weighted by atomic mass is 32.2. The van der Waals surface area contributed by atoms with Gasteiger partial charge < -0.3 is 14.2 Å². The maximum Gasteiger partial charge on any atom is 0.311 e. The summed E-state index contributed by atoms with van der Waals surface area (Å²) in [5.74, 6) is -0.969. The lowest BCUT2D eigenvalue weighted by Crippen LogP contribution is -2.26. The van der Waals surface area contributed by atoms with Crippen molar-refractivity contribution in [3.8, 4) is 0 Å². The minimum absolute atomic E-state index is 0.211. The van der Waals surface area contributed by atoms with Crippen molar-refractivity contribution >= 4 is 16.1 Å². The second-order valence-corrected chi connectivity index (χ2v) is 9.73. The van der Waals surface area contributed by atoms with Crippen LogP contribution in [0.5, 0.6) is 0 Å². The Morgan fingerprint density at radius 3 is 2.42 bits per heavy atom. The van der Waals surface area contributed by atoms with E-state index in [1.807, 2.05) is 13.8 Å². The Balaban J connectivity index is 2.54. The minimum atomic E-state index is -3.61. The van der Waals surface area contributed by atoms with Crippen LogP contribution in [0.4, 0.5) is 0 Å². The highest BCUT2D eigenvalue weighted by molar-refractivity contribution is 7.86. The van der Waals surface area contributed by atoms with Crippen LogP contribution in [-0.4, -0.2) is 51.9 Å². The van der Waals surface area contributed by atoms with E-state index in [0.717, 1.165) is 11.8 Å². The number of carbonyl (C=O) groups is 1. The highest BCUT2D eigenvalue weighted by Crippen LogP contribution is 2.29.